The third kappa shape index (κ3) is 6.71. The fraction of sp³-hybridized carbons (Fsp3) is 0.440. The van der Waals surface area contributed by atoms with E-state index in [0.29, 0.717) is 67.0 Å². The molecule has 194 valence electrons. The van der Waals surface area contributed by atoms with Gasteiger partial charge < -0.3 is 39.6 Å². The Balaban J connectivity index is 1.40. The van der Waals surface area contributed by atoms with Crippen molar-refractivity contribution in [3.05, 3.63) is 40.9 Å². The van der Waals surface area contributed by atoms with Gasteiger partial charge >= 0.3 is 6.03 Å². The Morgan fingerprint density at radius 2 is 2.06 bits per heavy atom. The van der Waals surface area contributed by atoms with Gasteiger partial charge in [-0.3, -0.25) is 0 Å². The minimum absolute atomic E-state index is 0.00814. The van der Waals surface area contributed by atoms with Crippen LogP contribution in [0.4, 0.5) is 16.2 Å². The predicted molar refractivity (Wildman–Crippen MR) is 138 cm³/mol. The van der Waals surface area contributed by atoms with Crippen molar-refractivity contribution >= 4 is 34.9 Å². The van der Waals surface area contributed by atoms with E-state index in [2.05, 4.69) is 20.9 Å². The SMILES string of the molecule is COc1cc2c(cc1OCCCOC1COC1)NCN=C2Oc1ccc(NC(=O)NC(C)C)c(Cl)c1. The maximum absolute atomic E-state index is 12.0. The Bertz CT molecular complexity index is 1110. The van der Waals surface area contributed by atoms with Gasteiger partial charge in [0.15, 0.2) is 11.5 Å². The molecule has 0 atom stereocenters. The van der Waals surface area contributed by atoms with Crippen molar-refractivity contribution in [3.63, 3.8) is 0 Å². The first-order valence-electron chi connectivity index (χ1n) is 11.8. The van der Waals surface area contributed by atoms with Crippen LogP contribution in [0, 0.1) is 0 Å². The number of methoxy groups -OCH3 is 1. The molecule has 36 heavy (non-hydrogen) atoms. The molecule has 3 N–H and O–H groups in total. The second kappa shape index (κ2) is 12.2. The third-order valence-electron chi connectivity index (χ3n) is 5.36. The van der Waals surface area contributed by atoms with Crippen LogP contribution >= 0.6 is 11.6 Å². The summed E-state index contributed by atoms with van der Waals surface area (Å²) in [5.41, 5.74) is 2.02. The van der Waals surface area contributed by atoms with Crippen molar-refractivity contribution in [2.75, 3.05) is 50.8 Å². The van der Waals surface area contributed by atoms with Gasteiger partial charge in [-0.1, -0.05) is 11.6 Å². The Morgan fingerprint density at radius 1 is 1.22 bits per heavy atom. The lowest BCUT2D eigenvalue weighted by Crippen LogP contribution is -2.36. The molecule has 0 aliphatic carbocycles. The van der Waals surface area contributed by atoms with E-state index >= 15 is 0 Å². The van der Waals surface area contributed by atoms with Crippen LogP contribution in [0.1, 0.15) is 25.8 Å². The Hall–Kier alpha value is -3.21. The molecule has 0 radical (unpaired) electrons. The highest BCUT2D eigenvalue weighted by molar-refractivity contribution is 6.33. The molecule has 4 rings (SSSR count). The summed E-state index contributed by atoms with van der Waals surface area (Å²) in [5.74, 6) is 2.09. The fourth-order valence-corrected chi connectivity index (χ4v) is 3.74. The largest absolute Gasteiger partial charge is 0.493 e. The van der Waals surface area contributed by atoms with E-state index in [-0.39, 0.29) is 18.2 Å². The molecule has 1 saturated heterocycles. The van der Waals surface area contributed by atoms with Gasteiger partial charge in [0.2, 0.25) is 5.90 Å². The van der Waals surface area contributed by atoms with Crippen molar-refractivity contribution in [1.29, 1.82) is 0 Å². The number of anilines is 2. The highest BCUT2D eigenvalue weighted by Gasteiger charge is 2.21. The predicted octanol–water partition coefficient (Wildman–Crippen LogP) is 4.27. The Labute approximate surface area is 215 Å². The molecule has 0 saturated carbocycles. The van der Waals surface area contributed by atoms with Crippen molar-refractivity contribution in [2.24, 2.45) is 4.99 Å². The fourth-order valence-electron chi connectivity index (χ4n) is 3.52. The summed E-state index contributed by atoms with van der Waals surface area (Å²) in [6.07, 6.45) is 0.960. The molecule has 2 heterocycles. The molecule has 2 aromatic rings. The number of carbonyl (C=O) groups excluding carboxylic acids is 1. The quantitative estimate of drug-likeness (QED) is 0.403. The van der Waals surface area contributed by atoms with E-state index in [1.807, 2.05) is 26.0 Å². The van der Waals surface area contributed by atoms with Crippen LogP contribution in [0.25, 0.3) is 0 Å². The van der Waals surface area contributed by atoms with Crippen LogP contribution in [-0.2, 0) is 9.47 Å². The normalized spacial score (nSPS) is 14.8. The summed E-state index contributed by atoms with van der Waals surface area (Å²) in [4.78, 5) is 16.4. The summed E-state index contributed by atoms with van der Waals surface area (Å²) in [6, 6.07) is 8.40. The molecule has 0 unspecified atom stereocenters. The molecule has 2 aromatic carbocycles. The number of hydrogen-bond donors (Lipinski definition) is 3. The number of urea groups is 1. The Morgan fingerprint density at radius 3 is 2.75 bits per heavy atom. The molecular formula is C25H31ClN4O6. The lowest BCUT2D eigenvalue weighted by Gasteiger charge is -2.26. The summed E-state index contributed by atoms with van der Waals surface area (Å²) in [7, 11) is 1.59. The van der Waals surface area contributed by atoms with Crippen molar-refractivity contribution in [2.45, 2.75) is 32.4 Å². The Kier molecular flexibility index (Phi) is 8.74. The molecule has 2 aliphatic heterocycles. The first-order valence-corrected chi connectivity index (χ1v) is 12.2. The maximum atomic E-state index is 12.0. The summed E-state index contributed by atoms with van der Waals surface area (Å²) >= 11 is 6.37. The van der Waals surface area contributed by atoms with E-state index in [4.69, 9.17) is 35.3 Å². The first-order chi connectivity index (χ1) is 17.4. The lowest BCUT2D eigenvalue weighted by molar-refractivity contribution is -0.130. The van der Waals surface area contributed by atoms with Crippen LogP contribution in [0.15, 0.2) is 35.3 Å². The number of amides is 2. The topological polar surface area (TPSA) is 112 Å². The van der Waals surface area contributed by atoms with Gasteiger partial charge in [-0.25, -0.2) is 9.79 Å². The van der Waals surface area contributed by atoms with E-state index < -0.39 is 0 Å². The number of aliphatic imine (C=N–C) groups is 1. The smallest absolute Gasteiger partial charge is 0.319 e. The van der Waals surface area contributed by atoms with Gasteiger partial charge in [-0.15, -0.1) is 0 Å². The van der Waals surface area contributed by atoms with E-state index in [1.165, 1.54) is 0 Å². The first kappa shape index (κ1) is 25.9. The zero-order valence-corrected chi connectivity index (χ0v) is 21.3. The number of hydrogen-bond acceptors (Lipinski definition) is 8. The number of rotatable bonds is 10. The molecule has 1 fully saturated rings. The van der Waals surface area contributed by atoms with Crippen molar-refractivity contribution < 1.29 is 28.5 Å². The van der Waals surface area contributed by atoms with Crippen LogP contribution in [0.5, 0.6) is 17.2 Å². The molecule has 10 nitrogen and oxygen atoms in total. The molecule has 2 aliphatic rings. The summed E-state index contributed by atoms with van der Waals surface area (Å²) in [5, 5.41) is 9.06. The minimum Gasteiger partial charge on any atom is -0.493 e. The number of halogens is 1. The lowest BCUT2D eigenvalue weighted by atomic mass is 10.1. The monoisotopic (exact) mass is 518 g/mol. The molecular weight excluding hydrogens is 488 g/mol. The van der Waals surface area contributed by atoms with E-state index in [0.717, 1.165) is 17.7 Å². The number of ether oxygens (including phenoxy) is 5. The molecule has 0 spiro atoms. The number of fused-ring (bicyclic) bond motifs is 1. The number of nitrogens with one attached hydrogen (secondary N) is 3. The average molecular weight is 519 g/mol. The maximum Gasteiger partial charge on any atom is 0.319 e. The second-order valence-electron chi connectivity index (χ2n) is 8.58. The number of benzene rings is 2. The van der Waals surface area contributed by atoms with Crippen LogP contribution in [0.3, 0.4) is 0 Å². The van der Waals surface area contributed by atoms with Crippen LogP contribution in [-0.4, -0.2) is 64.3 Å². The van der Waals surface area contributed by atoms with Gasteiger partial charge in [0.25, 0.3) is 0 Å². The van der Waals surface area contributed by atoms with Crippen LogP contribution in [0.2, 0.25) is 5.02 Å². The van der Waals surface area contributed by atoms with E-state index in [9.17, 15) is 4.79 Å². The standard InChI is InChI=1S/C25H31ClN4O6/c1-15(2)29-25(31)30-20-6-5-16(9-19(20)26)36-24-18-10-22(32-3)23(11-21(18)27-14-28-24)35-8-4-7-34-17-12-33-13-17/h5-6,9-11,15,17,27H,4,7-8,12-14H2,1-3H3,(H2,29,30,31). The highest BCUT2D eigenvalue weighted by atomic mass is 35.5. The minimum atomic E-state index is -0.331. The van der Waals surface area contributed by atoms with Crippen molar-refractivity contribution in [1.82, 2.24) is 5.32 Å². The molecule has 2 amide bonds. The summed E-state index contributed by atoms with van der Waals surface area (Å²) < 4.78 is 28.3. The van der Waals surface area contributed by atoms with Gasteiger partial charge in [-0.2, -0.15) is 0 Å². The zero-order chi connectivity index (χ0) is 25.5. The molecule has 11 heteroatoms. The second-order valence-corrected chi connectivity index (χ2v) is 8.98. The highest BCUT2D eigenvalue weighted by Crippen LogP contribution is 2.36. The zero-order valence-electron chi connectivity index (χ0n) is 20.6. The van der Waals surface area contributed by atoms with Gasteiger partial charge in [0, 0.05) is 24.6 Å². The molecule has 0 aromatic heterocycles. The third-order valence-corrected chi connectivity index (χ3v) is 5.67. The number of nitrogens with zero attached hydrogens (tertiary/aromatic N) is 1. The van der Waals surface area contributed by atoms with Crippen LogP contribution < -0.4 is 30.2 Å². The van der Waals surface area contributed by atoms with E-state index in [1.54, 1.807) is 25.3 Å². The summed E-state index contributed by atoms with van der Waals surface area (Å²) in [6.45, 7) is 6.54. The van der Waals surface area contributed by atoms with Crippen molar-refractivity contribution in [3.8, 4) is 17.2 Å². The van der Waals surface area contributed by atoms with Gasteiger partial charge in [0.1, 0.15) is 18.5 Å². The number of carbonyl (C=O) groups is 1. The van der Waals surface area contributed by atoms with Gasteiger partial charge in [0.05, 0.1) is 55.5 Å². The molecule has 0 bridgehead atoms. The van der Waals surface area contributed by atoms with Gasteiger partial charge in [-0.05, 0) is 32.0 Å². The average Bonchev–Trinajstić information content (AvgIpc) is 2.81.